The fourth-order valence-corrected chi connectivity index (χ4v) is 4.47. The summed E-state index contributed by atoms with van der Waals surface area (Å²) in [5, 5.41) is 8.76. The molecule has 3 aromatic rings. The summed E-state index contributed by atoms with van der Waals surface area (Å²) in [5.74, 6) is 1.87. The smallest absolute Gasteiger partial charge is 0.270 e. The first-order valence-electron chi connectivity index (χ1n) is 9.65. The lowest BCUT2D eigenvalue weighted by molar-refractivity contribution is -0.116. The Labute approximate surface area is 171 Å². The van der Waals surface area contributed by atoms with E-state index in [4.69, 9.17) is 9.47 Å². The third-order valence-electron chi connectivity index (χ3n) is 5.85. The van der Waals surface area contributed by atoms with Crippen LogP contribution in [0.1, 0.15) is 41.6 Å². The monoisotopic (exact) mass is 407 g/mol. The highest BCUT2D eigenvalue weighted by Gasteiger charge is 2.41. The number of benzene rings is 1. The van der Waals surface area contributed by atoms with Gasteiger partial charge in [0.05, 0.1) is 25.7 Å². The van der Waals surface area contributed by atoms with E-state index in [1.54, 1.807) is 26.6 Å². The molecule has 0 saturated carbocycles. The number of fused-ring (bicyclic) bond motifs is 1. The van der Waals surface area contributed by atoms with Gasteiger partial charge in [-0.25, -0.2) is 4.98 Å². The Kier molecular flexibility index (Phi) is 4.23. The van der Waals surface area contributed by atoms with Crippen LogP contribution in [0.5, 0.6) is 11.5 Å². The van der Waals surface area contributed by atoms with Gasteiger partial charge in [0.2, 0.25) is 0 Å². The number of H-pyrrole nitrogens is 3. The molecule has 2 atom stereocenters. The lowest BCUT2D eigenvalue weighted by Crippen LogP contribution is -2.32. The van der Waals surface area contributed by atoms with Crippen molar-refractivity contribution < 1.29 is 14.3 Å². The second kappa shape index (κ2) is 6.94. The van der Waals surface area contributed by atoms with Crippen molar-refractivity contribution in [2.24, 2.45) is 0 Å². The number of ether oxygens (including phenoxy) is 2. The van der Waals surface area contributed by atoms with Crippen LogP contribution in [-0.2, 0) is 4.79 Å². The molecule has 0 fully saturated rings. The maximum Gasteiger partial charge on any atom is 0.270 e. The average Bonchev–Trinajstić information content (AvgIpc) is 3.42. The molecule has 2 aromatic heterocycles. The molecular formula is C21H21N5O4. The quantitative estimate of drug-likeness (QED) is 0.526. The predicted molar refractivity (Wildman–Crippen MR) is 109 cm³/mol. The van der Waals surface area contributed by atoms with Gasteiger partial charge < -0.3 is 19.8 Å². The highest BCUT2D eigenvalue weighted by molar-refractivity contribution is 6.01. The lowest BCUT2D eigenvalue weighted by Gasteiger charge is -2.33. The van der Waals surface area contributed by atoms with Gasteiger partial charge in [0.15, 0.2) is 17.3 Å². The Morgan fingerprint density at radius 1 is 1.07 bits per heavy atom. The fraction of sp³-hybridized carbons (Fsp3) is 0.286. The third-order valence-corrected chi connectivity index (χ3v) is 5.85. The van der Waals surface area contributed by atoms with Crippen molar-refractivity contribution in [2.75, 3.05) is 19.5 Å². The molecule has 5 rings (SSSR count). The molecule has 154 valence electrons. The summed E-state index contributed by atoms with van der Waals surface area (Å²) in [6.07, 6.45) is 4.28. The summed E-state index contributed by atoms with van der Waals surface area (Å²) in [5.41, 5.74) is 2.61. The second-order valence-corrected chi connectivity index (χ2v) is 7.44. The molecular weight excluding hydrogens is 386 g/mol. The van der Waals surface area contributed by atoms with Crippen molar-refractivity contribution >= 4 is 11.6 Å². The maximum atomic E-state index is 13.3. The molecule has 0 saturated heterocycles. The number of methoxy groups -OCH3 is 2. The summed E-state index contributed by atoms with van der Waals surface area (Å²) in [6.45, 7) is 0. The molecule has 1 aliphatic carbocycles. The highest BCUT2D eigenvalue weighted by atomic mass is 16.5. The zero-order chi connectivity index (χ0) is 20.8. The van der Waals surface area contributed by atoms with E-state index < -0.39 is 5.92 Å². The van der Waals surface area contributed by atoms with E-state index >= 15 is 0 Å². The number of anilines is 1. The maximum absolute atomic E-state index is 13.3. The minimum atomic E-state index is -0.528. The molecule has 9 nitrogen and oxygen atoms in total. The van der Waals surface area contributed by atoms with Crippen LogP contribution < -0.4 is 20.3 Å². The summed E-state index contributed by atoms with van der Waals surface area (Å²) in [6, 6.07) is 5.73. The topological polar surface area (TPSA) is 125 Å². The first kappa shape index (κ1) is 18.3. The van der Waals surface area contributed by atoms with Crippen LogP contribution in [0.2, 0.25) is 0 Å². The van der Waals surface area contributed by atoms with Crippen molar-refractivity contribution in [2.45, 2.75) is 24.7 Å². The van der Waals surface area contributed by atoms with Gasteiger partial charge in [-0.15, -0.1) is 0 Å². The largest absolute Gasteiger partial charge is 0.493 e. The molecule has 4 N–H and O–H groups in total. The first-order valence-corrected chi connectivity index (χ1v) is 9.65. The number of Topliss-reactive ketones (excluding diaryl/α,β-unsaturated/α-hetero) is 1. The number of nitrogens with one attached hydrogen (secondary N) is 4. The van der Waals surface area contributed by atoms with E-state index in [1.165, 1.54) is 0 Å². The molecule has 1 aromatic carbocycles. The standard InChI is InChI=1S/C21H21N5O4/c1-29-14-4-3-10(9-15(14)30-2)11-7-12-16(13(27)8-11)17(19-22-5-6-23-19)18-20(24-12)25-26-21(18)28/h3-6,9,11,17H,7-8H2,1-2H3,(H,22,23)(H3,24,25,26,28)/t11-,17+/m1/s1. The van der Waals surface area contributed by atoms with Crippen molar-refractivity contribution in [3.05, 3.63) is 69.2 Å². The zero-order valence-corrected chi connectivity index (χ0v) is 16.5. The number of hydrogen-bond acceptors (Lipinski definition) is 6. The van der Waals surface area contributed by atoms with Gasteiger partial charge in [0.1, 0.15) is 11.6 Å². The van der Waals surface area contributed by atoms with Gasteiger partial charge in [-0.05, 0) is 30.0 Å². The molecule has 9 heteroatoms. The van der Waals surface area contributed by atoms with Gasteiger partial charge in [-0.2, -0.15) is 0 Å². The minimum absolute atomic E-state index is 0.00353. The summed E-state index contributed by atoms with van der Waals surface area (Å²) in [4.78, 5) is 33.2. The van der Waals surface area contributed by atoms with Crippen LogP contribution in [0.25, 0.3) is 0 Å². The van der Waals surface area contributed by atoms with Gasteiger partial charge in [-0.1, -0.05) is 6.07 Å². The molecule has 3 heterocycles. The average molecular weight is 407 g/mol. The van der Waals surface area contributed by atoms with E-state index in [0.717, 1.165) is 11.3 Å². The molecule has 0 unspecified atom stereocenters. The molecule has 0 amide bonds. The molecule has 0 spiro atoms. The fourth-order valence-electron chi connectivity index (χ4n) is 4.47. The first-order chi connectivity index (χ1) is 14.6. The molecule has 0 bridgehead atoms. The molecule has 1 aliphatic heterocycles. The number of carbonyl (C=O) groups is 1. The summed E-state index contributed by atoms with van der Waals surface area (Å²) >= 11 is 0. The van der Waals surface area contributed by atoms with E-state index in [-0.39, 0.29) is 17.3 Å². The number of ketones is 1. The van der Waals surface area contributed by atoms with Crippen molar-refractivity contribution in [1.29, 1.82) is 0 Å². The van der Waals surface area contributed by atoms with E-state index in [1.807, 2.05) is 18.2 Å². The normalized spacial score (nSPS) is 20.4. The van der Waals surface area contributed by atoms with Crippen LogP contribution in [0.4, 0.5) is 5.82 Å². The zero-order valence-electron chi connectivity index (χ0n) is 16.5. The van der Waals surface area contributed by atoms with Crippen molar-refractivity contribution in [3.8, 4) is 11.5 Å². The van der Waals surface area contributed by atoms with Crippen molar-refractivity contribution in [1.82, 2.24) is 20.2 Å². The van der Waals surface area contributed by atoms with Crippen LogP contribution in [0, 0.1) is 0 Å². The second-order valence-electron chi connectivity index (χ2n) is 7.44. The number of allylic oxidation sites excluding steroid dienone is 2. The Balaban J connectivity index is 1.57. The van der Waals surface area contributed by atoms with Crippen LogP contribution >= 0.6 is 0 Å². The number of aromatic amines is 3. The van der Waals surface area contributed by atoms with Crippen LogP contribution in [-0.4, -0.2) is 40.2 Å². The number of nitrogens with zero attached hydrogens (tertiary/aromatic N) is 1. The van der Waals surface area contributed by atoms with E-state index in [2.05, 4.69) is 25.5 Å². The number of imidazole rings is 1. The Morgan fingerprint density at radius 3 is 2.63 bits per heavy atom. The molecule has 30 heavy (non-hydrogen) atoms. The summed E-state index contributed by atoms with van der Waals surface area (Å²) in [7, 11) is 3.18. The van der Waals surface area contributed by atoms with Gasteiger partial charge in [0.25, 0.3) is 5.56 Å². The summed E-state index contributed by atoms with van der Waals surface area (Å²) < 4.78 is 10.7. The van der Waals surface area contributed by atoms with E-state index in [0.29, 0.717) is 47.1 Å². The third kappa shape index (κ3) is 2.73. The molecule has 2 aliphatic rings. The highest BCUT2D eigenvalue weighted by Crippen LogP contribution is 2.46. The van der Waals surface area contributed by atoms with Gasteiger partial charge >= 0.3 is 0 Å². The van der Waals surface area contributed by atoms with Gasteiger partial charge in [0, 0.05) is 30.1 Å². The number of aromatic nitrogens is 4. The Bertz CT molecular complexity index is 1200. The van der Waals surface area contributed by atoms with Gasteiger partial charge in [-0.3, -0.25) is 19.8 Å². The van der Waals surface area contributed by atoms with Crippen LogP contribution in [0.15, 0.2) is 46.7 Å². The number of rotatable bonds is 4. The SMILES string of the molecule is COc1ccc([C@H]2CC(=O)C3=C(C2)Nc2[nH][nH]c(=O)c2[C@H]3c2ncc[nH]2)cc1OC. The molecule has 0 radical (unpaired) electrons. The predicted octanol–water partition coefficient (Wildman–Crippen LogP) is 2.40. The Hall–Kier alpha value is -3.75. The lowest BCUT2D eigenvalue weighted by atomic mass is 9.74. The number of carbonyl (C=O) groups excluding carboxylic acids is 1. The minimum Gasteiger partial charge on any atom is -0.493 e. The van der Waals surface area contributed by atoms with Crippen LogP contribution in [0.3, 0.4) is 0 Å². The van der Waals surface area contributed by atoms with Crippen molar-refractivity contribution in [3.63, 3.8) is 0 Å². The Morgan fingerprint density at radius 2 is 1.90 bits per heavy atom. The number of hydrogen-bond donors (Lipinski definition) is 4. The van der Waals surface area contributed by atoms with E-state index in [9.17, 15) is 9.59 Å².